The van der Waals surface area contributed by atoms with Gasteiger partial charge in [0, 0.05) is 19.5 Å². The summed E-state index contributed by atoms with van der Waals surface area (Å²) >= 11 is 0. The lowest BCUT2D eigenvalue weighted by molar-refractivity contribution is 0.0921. The molecule has 0 aliphatic rings. The second kappa shape index (κ2) is 9.56. The van der Waals surface area contributed by atoms with E-state index in [2.05, 4.69) is 24.5 Å². The van der Waals surface area contributed by atoms with Crippen molar-refractivity contribution in [2.45, 2.75) is 27.2 Å². The van der Waals surface area contributed by atoms with Crippen LogP contribution in [0.3, 0.4) is 0 Å². The largest absolute Gasteiger partial charge is 0.449 e. The van der Waals surface area contributed by atoms with E-state index in [-0.39, 0.29) is 19.1 Å². The van der Waals surface area contributed by atoms with Crippen molar-refractivity contribution in [2.75, 3.05) is 26.8 Å². The van der Waals surface area contributed by atoms with Crippen LogP contribution in [0.5, 0.6) is 0 Å². The summed E-state index contributed by atoms with van der Waals surface area (Å²) in [5.74, 6) is 0.517. The molecule has 0 radical (unpaired) electrons. The Morgan fingerprint density at radius 3 is 2.11 bits per heavy atom. The third kappa shape index (κ3) is 9.74. The van der Waals surface area contributed by atoms with E-state index < -0.39 is 12.2 Å². The highest BCUT2D eigenvalue weighted by Crippen LogP contribution is 1.99. The number of ether oxygens (including phenoxy) is 2. The number of amides is 2. The molecular formula is C12H24N2O4. The number of hydrogen-bond acceptors (Lipinski definition) is 4. The van der Waals surface area contributed by atoms with Gasteiger partial charge in [0.25, 0.3) is 0 Å². The van der Waals surface area contributed by atoms with Crippen LogP contribution in [-0.2, 0) is 9.47 Å². The molecule has 0 aliphatic heterocycles. The van der Waals surface area contributed by atoms with Crippen LogP contribution in [0.25, 0.3) is 0 Å². The third-order valence-electron chi connectivity index (χ3n) is 2.19. The monoisotopic (exact) mass is 260 g/mol. The molecule has 0 aromatic carbocycles. The number of hydrogen-bond donors (Lipinski definition) is 2. The minimum absolute atomic E-state index is 0.0295. The summed E-state index contributed by atoms with van der Waals surface area (Å²) in [7, 11) is 1.49. The molecule has 2 amide bonds. The lowest BCUT2D eigenvalue weighted by Gasteiger charge is -2.13. The van der Waals surface area contributed by atoms with Gasteiger partial charge in [-0.3, -0.25) is 0 Å². The Labute approximate surface area is 108 Å². The minimum atomic E-state index is -0.483. The molecule has 2 N–H and O–H groups in total. The van der Waals surface area contributed by atoms with E-state index in [0.29, 0.717) is 12.5 Å². The maximum atomic E-state index is 11.3. The van der Waals surface area contributed by atoms with Crippen LogP contribution >= 0.6 is 0 Å². The standard InChI is InChI=1S/C12H24N2O4/c1-9(2)5-6-14-12(16)18-8-10(3)7-17-11(15)13-4/h9-10H,5-8H2,1-4H3,(H,13,15)(H,14,16). The normalized spacial score (nSPS) is 11.8. The van der Waals surface area contributed by atoms with Gasteiger partial charge in [-0.1, -0.05) is 20.8 Å². The Morgan fingerprint density at radius 2 is 1.61 bits per heavy atom. The SMILES string of the molecule is CNC(=O)OCC(C)COC(=O)NCCC(C)C. The smallest absolute Gasteiger partial charge is 0.407 e. The summed E-state index contributed by atoms with van der Waals surface area (Å²) in [6.45, 7) is 7.07. The van der Waals surface area contributed by atoms with Gasteiger partial charge >= 0.3 is 12.2 Å². The van der Waals surface area contributed by atoms with E-state index in [1.165, 1.54) is 7.05 Å². The highest BCUT2D eigenvalue weighted by molar-refractivity contribution is 5.67. The quantitative estimate of drug-likeness (QED) is 0.731. The highest BCUT2D eigenvalue weighted by Gasteiger charge is 2.09. The van der Waals surface area contributed by atoms with E-state index >= 15 is 0 Å². The summed E-state index contributed by atoms with van der Waals surface area (Å²) in [6, 6.07) is 0. The van der Waals surface area contributed by atoms with Crippen LogP contribution in [0, 0.1) is 11.8 Å². The summed E-state index contributed by atoms with van der Waals surface area (Å²) in [4.78, 5) is 22.1. The molecule has 0 aliphatic carbocycles. The first-order valence-electron chi connectivity index (χ1n) is 6.20. The van der Waals surface area contributed by atoms with Crippen LogP contribution in [-0.4, -0.2) is 39.0 Å². The average Bonchev–Trinajstić information content (AvgIpc) is 2.32. The lowest BCUT2D eigenvalue weighted by Crippen LogP contribution is -2.29. The van der Waals surface area contributed by atoms with Crippen molar-refractivity contribution in [1.82, 2.24) is 10.6 Å². The van der Waals surface area contributed by atoms with Gasteiger partial charge < -0.3 is 20.1 Å². The van der Waals surface area contributed by atoms with E-state index in [4.69, 9.17) is 9.47 Å². The molecule has 6 nitrogen and oxygen atoms in total. The van der Waals surface area contributed by atoms with E-state index in [1.54, 1.807) is 0 Å². The molecule has 0 bridgehead atoms. The predicted octanol–water partition coefficient (Wildman–Crippen LogP) is 1.75. The molecule has 0 spiro atoms. The van der Waals surface area contributed by atoms with Crippen molar-refractivity contribution in [3.63, 3.8) is 0 Å². The Hall–Kier alpha value is -1.46. The Morgan fingerprint density at radius 1 is 1.06 bits per heavy atom. The fourth-order valence-electron chi connectivity index (χ4n) is 1.07. The van der Waals surface area contributed by atoms with Gasteiger partial charge in [-0.2, -0.15) is 0 Å². The fourth-order valence-corrected chi connectivity index (χ4v) is 1.07. The number of rotatable bonds is 7. The van der Waals surface area contributed by atoms with E-state index in [0.717, 1.165) is 6.42 Å². The van der Waals surface area contributed by atoms with Crippen molar-refractivity contribution in [2.24, 2.45) is 11.8 Å². The van der Waals surface area contributed by atoms with Gasteiger partial charge in [0.2, 0.25) is 0 Å². The Kier molecular flexibility index (Phi) is 8.78. The molecule has 0 fully saturated rings. The molecule has 6 heteroatoms. The molecule has 106 valence electrons. The van der Waals surface area contributed by atoms with E-state index in [9.17, 15) is 9.59 Å². The number of carbonyl (C=O) groups is 2. The zero-order chi connectivity index (χ0) is 14.0. The first kappa shape index (κ1) is 16.5. The second-order valence-electron chi connectivity index (χ2n) is 4.66. The highest BCUT2D eigenvalue weighted by atomic mass is 16.6. The number of alkyl carbamates (subject to hydrolysis) is 2. The first-order valence-corrected chi connectivity index (χ1v) is 6.20. The van der Waals surface area contributed by atoms with Gasteiger partial charge in [0.1, 0.15) is 0 Å². The summed E-state index contributed by atoms with van der Waals surface area (Å²) in [5, 5.41) is 5.01. The summed E-state index contributed by atoms with van der Waals surface area (Å²) < 4.78 is 9.83. The van der Waals surface area contributed by atoms with Gasteiger partial charge in [-0.15, -0.1) is 0 Å². The van der Waals surface area contributed by atoms with Crippen LogP contribution in [0.2, 0.25) is 0 Å². The van der Waals surface area contributed by atoms with Crippen molar-refractivity contribution in [1.29, 1.82) is 0 Å². The van der Waals surface area contributed by atoms with Crippen LogP contribution in [0.1, 0.15) is 27.2 Å². The maximum absolute atomic E-state index is 11.3. The number of nitrogens with one attached hydrogen (secondary N) is 2. The van der Waals surface area contributed by atoms with Crippen LogP contribution in [0.4, 0.5) is 9.59 Å². The first-order chi connectivity index (χ1) is 8.45. The van der Waals surface area contributed by atoms with Crippen LogP contribution in [0.15, 0.2) is 0 Å². The van der Waals surface area contributed by atoms with Gasteiger partial charge in [-0.25, -0.2) is 9.59 Å². The van der Waals surface area contributed by atoms with Gasteiger partial charge in [0.05, 0.1) is 13.2 Å². The van der Waals surface area contributed by atoms with Gasteiger partial charge in [-0.05, 0) is 12.3 Å². The Bertz CT molecular complexity index is 256. The average molecular weight is 260 g/mol. The van der Waals surface area contributed by atoms with Crippen LogP contribution < -0.4 is 10.6 Å². The summed E-state index contributed by atoms with van der Waals surface area (Å²) in [5.41, 5.74) is 0. The topological polar surface area (TPSA) is 76.7 Å². The lowest BCUT2D eigenvalue weighted by atomic mass is 10.1. The zero-order valence-electron chi connectivity index (χ0n) is 11.6. The van der Waals surface area contributed by atoms with Crippen molar-refractivity contribution < 1.29 is 19.1 Å². The molecule has 0 rings (SSSR count). The molecular weight excluding hydrogens is 236 g/mol. The minimum Gasteiger partial charge on any atom is -0.449 e. The van der Waals surface area contributed by atoms with Crippen molar-refractivity contribution in [3.05, 3.63) is 0 Å². The second-order valence-corrected chi connectivity index (χ2v) is 4.66. The predicted molar refractivity (Wildman–Crippen MR) is 68.4 cm³/mol. The maximum Gasteiger partial charge on any atom is 0.407 e. The molecule has 0 heterocycles. The zero-order valence-corrected chi connectivity index (χ0v) is 11.6. The van der Waals surface area contributed by atoms with E-state index in [1.807, 2.05) is 6.92 Å². The molecule has 0 saturated carbocycles. The van der Waals surface area contributed by atoms with Crippen molar-refractivity contribution in [3.8, 4) is 0 Å². The molecule has 0 saturated heterocycles. The molecule has 0 aromatic heterocycles. The molecule has 1 atom stereocenters. The molecule has 18 heavy (non-hydrogen) atoms. The van der Waals surface area contributed by atoms with Gasteiger partial charge in [0.15, 0.2) is 0 Å². The fraction of sp³-hybridized carbons (Fsp3) is 0.833. The molecule has 1 unspecified atom stereocenters. The third-order valence-corrected chi connectivity index (χ3v) is 2.19. The number of carbonyl (C=O) groups excluding carboxylic acids is 2. The molecule has 0 aromatic rings. The summed E-state index contributed by atoms with van der Waals surface area (Å²) in [6.07, 6.45) is 0.00966. The van der Waals surface area contributed by atoms with Crippen molar-refractivity contribution >= 4 is 12.2 Å². The Balaban J connectivity index is 3.56.